The third-order valence-electron chi connectivity index (χ3n) is 2.95. The van der Waals surface area contributed by atoms with E-state index in [2.05, 4.69) is 15.6 Å². The third kappa shape index (κ3) is 1.43. The van der Waals surface area contributed by atoms with E-state index < -0.39 is 0 Å². The lowest BCUT2D eigenvalue weighted by molar-refractivity contribution is 0.276. The fourth-order valence-electron chi connectivity index (χ4n) is 2.08. The standard InChI is InChI=1S/C12H14N2O/c15-8-7-14-11-4-2-1-3-10(11)13-12(14)9-5-6-9/h1-4,9,15H,5-8H2. The highest BCUT2D eigenvalue weighted by Gasteiger charge is 2.29. The van der Waals surface area contributed by atoms with Gasteiger partial charge in [-0.05, 0) is 25.0 Å². The van der Waals surface area contributed by atoms with E-state index in [0.29, 0.717) is 12.5 Å². The Morgan fingerprint density at radius 2 is 2.13 bits per heavy atom. The van der Waals surface area contributed by atoms with Gasteiger partial charge in [-0.25, -0.2) is 4.98 Å². The van der Waals surface area contributed by atoms with Crippen molar-refractivity contribution in [3.63, 3.8) is 0 Å². The zero-order valence-electron chi connectivity index (χ0n) is 8.56. The van der Waals surface area contributed by atoms with Crippen molar-refractivity contribution in [2.75, 3.05) is 6.61 Å². The molecule has 1 heterocycles. The Labute approximate surface area is 88.4 Å². The molecule has 0 atom stereocenters. The second kappa shape index (κ2) is 3.35. The summed E-state index contributed by atoms with van der Waals surface area (Å²) in [6, 6.07) is 8.14. The maximum atomic E-state index is 9.08. The first kappa shape index (κ1) is 8.92. The summed E-state index contributed by atoms with van der Waals surface area (Å²) in [5, 5.41) is 9.08. The Hall–Kier alpha value is -1.35. The molecule has 15 heavy (non-hydrogen) atoms. The second-order valence-corrected chi connectivity index (χ2v) is 4.11. The van der Waals surface area contributed by atoms with E-state index >= 15 is 0 Å². The van der Waals surface area contributed by atoms with Gasteiger partial charge in [-0.2, -0.15) is 0 Å². The van der Waals surface area contributed by atoms with Crippen LogP contribution in [0.3, 0.4) is 0 Å². The fraction of sp³-hybridized carbons (Fsp3) is 0.417. The number of hydrogen-bond donors (Lipinski definition) is 1. The summed E-state index contributed by atoms with van der Waals surface area (Å²) in [4.78, 5) is 4.65. The van der Waals surface area contributed by atoms with E-state index in [-0.39, 0.29) is 6.61 Å². The van der Waals surface area contributed by atoms with Crippen LogP contribution < -0.4 is 0 Å². The van der Waals surface area contributed by atoms with Gasteiger partial charge in [0.2, 0.25) is 0 Å². The quantitative estimate of drug-likeness (QED) is 0.825. The summed E-state index contributed by atoms with van der Waals surface area (Å²) in [6.45, 7) is 0.840. The van der Waals surface area contributed by atoms with Gasteiger partial charge in [-0.1, -0.05) is 12.1 Å². The van der Waals surface area contributed by atoms with Crippen LogP contribution in [0.1, 0.15) is 24.6 Å². The predicted molar refractivity (Wildman–Crippen MR) is 58.8 cm³/mol. The minimum atomic E-state index is 0.181. The molecular weight excluding hydrogens is 188 g/mol. The summed E-state index contributed by atoms with van der Waals surface area (Å²) in [5.74, 6) is 1.79. The van der Waals surface area contributed by atoms with Crippen molar-refractivity contribution in [3.05, 3.63) is 30.1 Å². The number of nitrogens with zero attached hydrogens (tertiary/aromatic N) is 2. The van der Waals surface area contributed by atoms with Crippen LogP contribution >= 0.6 is 0 Å². The van der Waals surface area contributed by atoms with Crippen molar-refractivity contribution in [1.82, 2.24) is 9.55 Å². The molecule has 0 unspecified atom stereocenters. The van der Waals surface area contributed by atoms with Gasteiger partial charge in [-0.3, -0.25) is 0 Å². The number of aliphatic hydroxyl groups is 1. The topological polar surface area (TPSA) is 38.0 Å². The van der Waals surface area contributed by atoms with Gasteiger partial charge in [0.1, 0.15) is 5.82 Å². The van der Waals surface area contributed by atoms with Crippen molar-refractivity contribution >= 4 is 11.0 Å². The summed E-state index contributed by atoms with van der Waals surface area (Å²) < 4.78 is 2.16. The lowest BCUT2D eigenvalue weighted by Crippen LogP contribution is -2.05. The Bertz CT molecular complexity index is 485. The van der Waals surface area contributed by atoms with Crippen LogP contribution in [0.2, 0.25) is 0 Å². The van der Waals surface area contributed by atoms with Crippen LogP contribution in [0, 0.1) is 0 Å². The summed E-state index contributed by atoms with van der Waals surface area (Å²) >= 11 is 0. The van der Waals surface area contributed by atoms with Crippen LogP contribution in [0.25, 0.3) is 11.0 Å². The lowest BCUT2D eigenvalue weighted by atomic mass is 10.3. The molecule has 0 saturated heterocycles. The Kier molecular flexibility index (Phi) is 1.99. The minimum Gasteiger partial charge on any atom is -0.395 e. The molecular formula is C12H14N2O. The lowest BCUT2D eigenvalue weighted by Gasteiger charge is -2.05. The van der Waals surface area contributed by atoms with Gasteiger partial charge in [0.15, 0.2) is 0 Å². The maximum absolute atomic E-state index is 9.08. The van der Waals surface area contributed by atoms with Crippen LogP contribution in [0.4, 0.5) is 0 Å². The summed E-state index contributed by atoms with van der Waals surface area (Å²) in [7, 11) is 0. The average Bonchev–Trinajstić information content (AvgIpc) is 3.04. The highest BCUT2D eigenvalue weighted by atomic mass is 16.3. The van der Waals surface area contributed by atoms with Gasteiger partial charge >= 0.3 is 0 Å². The van der Waals surface area contributed by atoms with Gasteiger partial charge in [0.25, 0.3) is 0 Å². The summed E-state index contributed by atoms with van der Waals surface area (Å²) in [6.07, 6.45) is 2.49. The van der Waals surface area contributed by atoms with Crippen molar-refractivity contribution < 1.29 is 5.11 Å². The molecule has 3 heteroatoms. The monoisotopic (exact) mass is 202 g/mol. The molecule has 0 amide bonds. The molecule has 78 valence electrons. The van der Waals surface area contributed by atoms with E-state index in [9.17, 15) is 0 Å². The number of para-hydroxylation sites is 2. The molecule has 0 spiro atoms. The molecule has 3 nitrogen and oxygen atoms in total. The molecule has 0 bridgehead atoms. The van der Waals surface area contributed by atoms with E-state index in [4.69, 9.17) is 5.11 Å². The van der Waals surface area contributed by atoms with Gasteiger partial charge in [-0.15, -0.1) is 0 Å². The zero-order valence-corrected chi connectivity index (χ0v) is 8.56. The van der Waals surface area contributed by atoms with Crippen LogP contribution in [-0.4, -0.2) is 21.3 Å². The number of imidazole rings is 1. The van der Waals surface area contributed by atoms with Gasteiger partial charge < -0.3 is 9.67 Å². The predicted octanol–water partition coefficient (Wildman–Crippen LogP) is 1.91. The molecule has 3 rings (SSSR count). The van der Waals surface area contributed by atoms with E-state index in [1.54, 1.807) is 0 Å². The molecule has 1 aromatic heterocycles. The number of hydrogen-bond acceptors (Lipinski definition) is 2. The van der Waals surface area contributed by atoms with Gasteiger partial charge in [0, 0.05) is 12.5 Å². The molecule has 2 aromatic rings. The fourth-order valence-corrected chi connectivity index (χ4v) is 2.08. The van der Waals surface area contributed by atoms with Crippen molar-refractivity contribution in [2.45, 2.75) is 25.3 Å². The smallest absolute Gasteiger partial charge is 0.113 e. The normalized spacial score (nSPS) is 16.1. The molecule has 1 saturated carbocycles. The Balaban J connectivity index is 2.19. The Morgan fingerprint density at radius 1 is 1.33 bits per heavy atom. The molecule has 1 fully saturated rings. The van der Waals surface area contributed by atoms with Crippen LogP contribution in [-0.2, 0) is 6.54 Å². The number of aromatic nitrogens is 2. The highest BCUT2D eigenvalue weighted by molar-refractivity contribution is 5.76. The Morgan fingerprint density at radius 3 is 2.87 bits per heavy atom. The first-order valence-corrected chi connectivity index (χ1v) is 5.46. The van der Waals surface area contributed by atoms with Crippen LogP contribution in [0.15, 0.2) is 24.3 Å². The van der Waals surface area contributed by atoms with Crippen molar-refractivity contribution in [3.8, 4) is 0 Å². The van der Waals surface area contributed by atoms with E-state index in [1.807, 2.05) is 18.2 Å². The average molecular weight is 202 g/mol. The largest absolute Gasteiger partial charge is 0.395 e. The SMILES string of the molecule is OCCn1c(C2CC2)nc2ccccc21. The van der Waals surface area contributed by atoms with E-state index in [1.165, 1.54) is 12.8 Å². The molecule has 0 aliphatic heterocycles. The number of benzene rings is 1. The second-order valence-electron chi connectivity index (χ2n) is 4.11. The first-order chi connectivity index (χ1) is 7.40. The molecule has 0 radical (unpaired) electrons. The zero-order chi connectivity index (χ0) is 10.3. The van der Waals surface area contributed by atoms with Crippen LogP contribution in [0.5, 0.6) is 0 Å². The van der Waals surface area contributed by atoms with E-state index in [0.717, 1.165) is 16.9 Å². The maximum Gasteiger partial charge on any atom is 0.113 e. The van der Waals surface area contributed by atoms with Crippen molar-refractivity contribution in [1.29, 1.82) is 0 Å². The first-order valence-electron chi connectivity index (χ1n) is 5.46. The number of fused-ring (bicyclic) bond motifs is 1. The molecule has 1 N–H and O–H groups in total. The minimum absolute atomic E-state index is 0.181. The highest BCUT2D eigenvalue weighted by Crippen LogP contribution is 2.40. The molecule has 1 aromatic carbocycles. The van der Waals surface area contributed by atoms with Gasteiger partial charge in [0.05, 0.1) is 17.6 Å². The molecule has 1 aliphatic rings. The summed E-state index contributed by atoms with van der Waals surface area (Å²) in [5.41, 5.74) is 2.20. The third-order valence-corrected chi connectivity index (χ3v) is 2.95. The molecule has 1 aliphatic carbocycles. The number of aliphatic hydroxyl groups excluding tert-OH is 1. The van der Waals surface area contributed by atoms with Crippen molar-refractivity contribution in [2.24, 2.45) is 0 Å². The number of rotatable bonds is 3.